The minimum Gasteiger partial charge on any atom is -0.409 e. The first-order valence-corrected chi connectivity index (χ1v) is 6.48. The molecule has 0 saturated heterocycles. The fourth-order valence-corrected chi connectivity index (χ4v) is 2.06. The molecule has 5 heteroatoms. The molecule has 0 aliphatic carbocycles. The van der Waals surface area contributed by atoms with Gasteiger partial charge in [-0.2, -0.15) is 0 Å². The van der Waals surface area contributed by atoms with Crippen LogP contribution in [0, 0.1) is 0 Å². The molecule has 5 N–H and O–H groups in total. The number of rotatable bonds is 7. The van der Waals surface area contributed by atoms with E-state index < -0.39 is 0 Å². The van der Waals surface area contributed by atoms with Crippen molar-refractivity contribution in [1.82, 2.24) is 5.32 Å². The summed E-state index contributed by atoms with van der Waals surface area (Å²) in [6.07, 6.45) is 0.319. The lowest BCUT2D eigenvalue weighted by atomic mass is 9.97. The Hall–Kier alpha value is -1.59. The average Bonchev–Trinajstić information content (AvgIpc) is 2.39. The average molecular weight is 265 g/mol. The highest BCUT2D eigenvalue weighted by molar-refractivity contribution is 5.87. The molecule has 0 radical (unpaired) electrons. The van der Waals surface area contributed by atoms with E-state index in [1.54, 1.807) is 6.92 Å². The van der Waals surface area contributed by atoms with Gasteiger partial charge in [-0.3, -0.25) is 0 Å². The first-order valence-electron chi connectivity index (χ1n) is 6.48. The third-order valence-corrected chi connectivity index (χ3v) is 3.04. The van der Waals surface area contributed by atoms with Crippen LogP contribution in [0.1, 0.15) is 31.7 Å². The van der Waals surface area contributed by atoms with Crippen molar-refractivity contribution in [2.24, 2.45) is 10.9 Å². The van der Waals surface area contributed by atoms with Gasteiger partial charge in [0.05, 0.1) is 12.0 Å². The molecule has 19 heavy (non-hydrogen) atoms. The summed E-state index contributed by atoms with van der Waals surface area (Å²) < 4.78 is 0. The van der Waals surface area contributed by atoms with E-state index in [0.717, 1.165) is 5.56 Å². The Balaban J connectivity index is 2.67. The molecule has 0 spiro atoms. The Labute approximate surface area is 114 Å². The summed E-state index contributed by atoms with van der Waals surface area (Å²) in [6.45, 7) is 4.32. The summed E-state index contributed by atoms with van der Waals surface area (Å²) in [4.78, 5) is 0. The highest BCUT2D eigenvalue weighted by Gasteiger charge is 2.17. The first-order chi connectivity index (χ1) is 9.04. The van der Waals surface area contributed by atoms with E-state index in [2.05, 4.69) is 10.5 Å². The van der Waals surface area contributed by atoms with Gasteiger partial charge in [0.25, 0.3) is 0 Å². The number of aliphatic hydroxyl groups excluding tert-OH is 1. The number of amidine groups is 1. The standard InChI is InChI=1S/C14H23N3O2/c1-10(8-11(2)18)16-9-13(14(15)17-19)12-6-4-3-5-7-12/h3-7,10-11,13,16,18-19H,8-9H2,1-2H3,(H2,15,17). The van der Waals surface area contributed by atoms with Crippen LogP contribution in [-0.2, 0) is 0 Å². The molecule has 0 fully saturated rings. The van der Waals surface area contributed by atoms with Gasteiger partial charge >= 0.3 is 0 Å². The van der Waals surface area contributed by atoms with Crippen LogP contribution in [0.3, 0.4) is 0 Å². The molecule has 1 aromatic carbocycles. The van der Waals surface area contributed by atoms with Crippen LogP contribution >= 0.6 is 0 Å². The van der Waals surface area contributed by atoms with E-state index >= 15 is 0 Å². The maximum absolute atomic E-state index is 9.33. The number of nitrogens with zero attached hydrogens (tertiary/aromatic N) is 1. The van der Waals surface area contributed by atoms with Gasteiger partial charge in [-0.1, -0.05) is 35.5 Å². The largest absolute Gasteiger partial charge is 0.409 e. The second-order valence-electron chi connectivity index (χ2n) is 4.88. The number of nitrogens with two attached hydrogens (primary N) is 1. The summed E-state index contributed by atoms with van der Waals surface area (Å²) in [5.74, 6) is 0.00518. The molecule has 0 bridgehead atoms. The fourth-order valence-electron chi connectivity index (χ4n) is 2.06. The van der Waals surface area contributed by atoms with Crippen molar-refractivity contribution >= 4 is 5.84 Å². The monoisotopic (exact) mass is 265 g/mol. The van der Waals surface area contributed by atoms with E-state index in [-0.39, 0.29) is 23.9 Å². The molecule has 0 aliphatic heterocycles. The molecule has 3 atom stereocenters. The third kappa shape index (κ3) is 5.28. The molecule has 0 aliphatic rings. The summed E-state index contributed by atoms with van der Waals surface area (Å²) in [7, 11) is 0. The number of aliphatic hydroxyl groups is 1. The van der Waals surface area contributed by atoms with Gasteiger partial charge in [0.2, 0.25) is 0 Å². The van der Waals surface area contributed by atoms with E-state index in [0.29, 0.717) is 13.0 Å². The van der Waals surface area contributed by atoms with Crippen LogP contribution in [0.25, 0.3) is 0 Å². The van der Waals surface area contributed by atoms with Gasteiger partial charge in [0, 0.05) is 12.6 Å². The summed E-state index contributed by atoms with van der Waals surface area (Å²) in [5, 5.41) is 24.6. The van der Waals surface area contributed by atoms with Crippen LogP contribution in [0.2, 0.25) is 0 Å². The molecule has 0 amide bonds. The number of hydrogen-bond donors (Lipinski definition) is 4. The topological polar surface area (TPSA) is 90.9 Å². The number of hydrogen-bond acceptors (Lipinski definition) is 4. The van der Waals surface area contributed by atoms with Crippen molar-refractivity contribution in [2.45, 2.75) is 38.3 Å². The summed E-state index contributed by atoms with van der Waals surface area (Å²) >= 11 is 0. The molecule has 5 nitrogen and oxygen atoms in total. The Morgan fingerprint density at radius 1 is 1.32 bits per heavy atom. The van der Waals surface area contributed by atoms with Gasteiger partial charge in [-0.15, -0.1) is 0 Å². The molecule has 106 valence electrons. The lowest BCUT2D eigenvalue weighted by Gasteiger charge is -2.21. The Kier molecular flexibility index (Phi) is 6.32. The second-order valence-corrected chi connectivity index (χ2v) is 4.88. The SMILES string of the molecule is CC(O)CC(C)NCC(/C(N)=N/O)c1ccccc1. The third-order valence-electron chi connectivity index (χ3n) is 3.04. The Morgan fingerprint density at radius 3 is 2.47 bits per heavy atom. The molecular weight excluding hydrogens is 242 g/mol. The van der Waals surface area contributed by atoms with Crippen LogP contribution in [0.15, 0.2) is 35.5 Å². The maximum Gasteiger partial charge on any atom is 0.147 e. The minimum atomic E-state index is -0.346. The highest BCUT2D eigenvalue weighted by atomic mass is 16.4. The Morgan fingerprint density at radius 2 is 1.95 bits per heavy atom. The van der Waals surface area contributed by atoms with E-state index in [4.69, 9.17) is 10.9 Å². The van der Waals surface area contributed by atoms with Crippen LogP contribution < -0.4 is 11.1 Å². The van der Waals surface area contributed by atoms with Crippen molar-refractivity contribution in [3.05, 3.63) is 35.9 Å². The van der Waals surface area contributed by atoms with Gasteiger partial charge in [0.1, 0.15) is 5.84 Å². The van der Waals surface area contributed by atoms with E-state index in [1.807, 2.05) is 37.3 Å². The number of benzene rings is 1. The quantitative estimate of drug-likeness (QED) is 0.258. The molecule has 0 heterocycles. The molecule has 1 rings (SSSR count). The first kappa shape index (κ1) is 15.5. The zero-order valence-corrected chi connectivity index (χ0v) is 11.5. The van der Waals surface area contributed by atoms with Crippen molar-refractivity contribution < 1.29 is 10.3 Å². The van der Waals surface area contributed by atoms with E-state index in [1.165, 1.54) is 0 Å². The van der Waals surface area contributed by atoms with Crippen LogP contribution in [0.5, 0.6) is 0 Å². The lowest BCUT2D eigenvalue weighted by Crippen LogP contribution is -2.37. The molecular formula is C14H23N3O2. The predicted octanol–water partition coefficient (Wildman–Crippen LogP) is 1.27. The smallest absolute Gasteiger partial charge is 0.147 e. The van der Waals surface area contributed by atoms with Gasteiger partial charge in [0.15, 0.2) is 0 Å². The molecule has 0 saturated carbocycles. The van der Waals surface area contributed by atoms with Crippen LogP contribution in [0.4, 0.5) is 0 Å². The summed E-state index contributed by atoms with van der Waals surface area (Å²) in [5.41, 5.74) is 6.74. The maximum atomic E-state index is 9.33. The number of oxime groups is 1. The van der Waals surface area contributed by atoms with Crippen LogP contribution in [-0.4, -0.2) is 34.8 Å². The van der Waals surface area contributed by atoms with Gasteiger partial charge < -0.3 is 21.4 Å². The molecule has 1 aromatic rings. The number of nitrogens with one attached hydrogen (secondary N) is 1. The van der Waals surface area contributed by atoms with Crippen molar-refractivity contribution in [3.63, 3.8) is 0 Å². The Bertz CT molecular complexity index is 393. The fraction of sp³-hybridized carbons (Fsp3) is 0.500. The van der Waals surface area contributed by atoms with Crippen molar-refractivity contribution in [3.8, 4) is 0 Å². The second kappa shape index (κ2) is 7.76. The normalized spacial score (nSPS) is 16.9. The van der Waals surface area contributed by atoms with Gasteiger partial charge in [-0.05, 0) is 25.8 Å². The predicted molar refractivity (Wildman–Crippen MR) is 76.4 cm³/mol. The zero-order valence-electron chi connectivity index (χ0n) is 11.5. The summed E-state index contributed by atoms with van der Waals surface area (Å²) in [6, 6.07) is 9.83. The van der Waals surface area contributed by atoms with Gasteiger partial charge in [-0.25, -0.2) is 0 Å². The van der Waals surface area contributed by atoms with Crippen molar-refractivity contribution in [2.75, 3.05) is 6.54 Å². The lowest BCUT2D eigenvalue weighted by molar-refractivity contribution is 0.170. The molecule has 3 unspecified atom stereocenters. The van der Waals surface area contributed by atoms with Crippen molar-refractivity contribution in [1.29, 1.82) is 0 Å². The molecule has 0 aromatic heterocycles. The highest BCUT2D eigenvalue weighted by Crippen LogP contribution is 2.15. The zero-order chi connectivity index (χ0) is 14.3. The van der Waals surface area contributed by atoms with E-state index in [9.17, 15) is 5.11 Å². The minimum absolute atomic E-state index is 0.165.